The van der Waals surface area contributed by atoms with Gasteiger partial charge in [-0.3, -0.25) is 9.59 Å². The van der Waals surface area contributed by atoms with Crippen LogP contribution in [0.4, 0.5) is 0 Å². The van der Waals surface area contributed by atoms with E-state index in [2.05, 4.69) is 10.6 Å². The molecule has 1 aromatic carbocycles. The zero-order valence-corrected chi connectivity index (χ0v) is 13.1. The van der Waals surface area contributed by atoms with E-state index in [9.17, 15) is 9.59 Å². The maximum atomic E-state index is 12.0. The Hall–Kier alpha value is -2.04. The lowest BCUT2D eigenvalue weighted by molar-refractivity contribution is -0.129. The summed E-state index contributed by atoms with van der Waals surface area (Å²) in [6, 6.07) is 7.23. The van der Waals surface area contributed by atoms with Crippen LogP contribution in [0.15, 0.2) is 24.3 Å². The number of amides is 2. The highest BCUT2D eigenvalue weighted by molar-refractivity contribution is 5.86. The number of carbonyl (C=O) groups excluding carboxylic acids is 2. The van der Waals surface area contributed by atoms with Crippen molar-refractivity contribution in [3.05, 3.63) is 29.8 Å². The van der Waals surface area contributed by atoms with Crippen LogP contribution in [0.3, 0.4) is 0 Å². The van der Waals surface area contributed by atoms with Crippen molar-refractivity contribution in [2.24, 2.45) is 5.92 Å². The predicted octanol–water partition coefficient (Wildman–Crippen LogP) is 1.65. The fraction of sp³-hybridized carbons (Fsp3) is 0.500. The third-order valence-corrected chi connectivity index (χ3v) is 2.97. The van der Waals surface area contributed by atoms with Gasteiger partial charge in [0.25, 0.3) is 0 Å². The molecule has 1 rings (SSSR count). The van der Waals surface area contributed by atoms with Crippen molar-refractivity contribution in [1.29, 1.82) is 0 Å². The van der Waals surface area contributed by atoms with E-state index in [0.717, 1.165) is 11.3 Å². The molecule has 2 N–H and O–H groups in total. The third-order valence-electron chi connectivity index (χ3n) is 2.97. The molecule has 0 aliphatic heterocycles. The van der Waals surface area contributed by atoms with E-state index in [1.807, 2.05) is 45.0 Å². The van der Waals surface area contributed by atoms with Crippen LogP contribution in [0.1, 0.15) is 26.3 Å². The van der Waals surface area contributed by atoms with E-state index in [0.29, 0.717) is 13.2 Å². The highest BCUT2D eigenvalue weighted by Crippen LogP contribution is 2.11. The van der Waals surface area contributed by atoms with E-state index in [1.54, 1.807) is 0 Å². The SMILES string of the molecule is CC(=O)N[C@@H](C(=O)NCCOc1cccc(C)c1)C(C)C. The van der Waals surface area contributed by atoms with Crippen molar-refractivity contribution < 1.29 is 14.3 Å². The van der Waals surface area contributed by atoms with Gasteiger partial charge < -0.3 is 15.4 Å². The van der Waals surface area contributed by atoms with Crippen LogP contribution in [0.5, 0.6) is 5.75 Å². The smallest absolute Gasteiger partial charge is 0.242 e. The standard InChI is InChI=1S/C16H24N2O3/c1-11(2)15(18-13(4)19)16(20)17-8-9-21-14-7-5-6-12(3)10-14/h5-7,10-11,15H,8-9H2,1-4H3,(H,17,20)(H,18,19)/t15-/m1/s1. The van der Waals surface area contributed by atoms with Crippen molar-refractivity contribution in [3.63, 3.8) is 0 Å². The first-order chi connectivity index (χ1) is 9.90. The largest absolute Gasteiger partial charge is 0.492 e. The van der Waals surface area contributed by atoms with Crippen molar-refractivity contribution >= 4 is 11.8 Å². The molecule has 0 spiro atoms. The van der Waals surface area contributed by atoms with Crippen LogP contribution in [-0.2, 0) is 9.59 Å². The maximum absolute atomic E-state index is 12.0. The summed E-state index contributed by atoms with van der Waals surface area (Å²) >= 11 is 0. The van der Waals surface area contributed by atoms with Gasteiger partial charge in [-0.15, -0.1) is 0 Å². The monoisotopic (exact) mass is 292 g/mol. The Bertz CT molecular complexity index is 486. The lowest BCUT2D eigenvalue weighted by Crippen LogP contribution is -2.49. The number of ether oxygens (including phenoxy) is 1. The first-order valence-electron chi connectivity index (χ1n) is 7.14. The Labute approximate surface area is 126 Å². The molecule has 0 aliphatic carbocycles. The summed E-state index contributed by atoms with van der Waals surface area (Å²) in [5.41, 5.74) is 1.13. The van der Waals surface area contributed by atoms with Gasteiger partial charge in [-0.05, 0) is 30.5 Å². The fourth-order valence-corrected chi connectivity index (χ4v) is 1.91. The minimum absolute atomic E-state index is 0.0339. The van der Waals surface area contributed by atoms with Gasteiger partial charge in [-0.2, -0.15) is 0 Å². The predicted molar refractivity (Wildman–Crippen MR) is 82.1 cm³/mol. The number of nitrogens with one attached hydrogen (secondary N) is 2. The Balaban J connectivity index is 2.36. The molecule has 116 valence electrons. The number of hydrogen-bond donors (Lipinski definition) is 2. The summed E-state index contributed by atoms with van der Waals surface area (Å²) in [5, 5.41) is 5.43. The molecular weight excluding hydrogens is 268 g/mol. The molecule has 21 heavy (non-hydrogen) atoms. The van der Waals surface area contributed by atoms with E-state index in [1.165, 1.54) is 6.92 Å². The molecule has 0 saturated heterocycles. The minimum atomic E-state index is -0.513. The van der Waals surface area contributed by atoms with Gasteiger partial charge in [-0.25, -0.2) is 0 Å². The molecule has 0 bridgehead atoms. The first-order valence-corrected chi connectivity index (χ1v) is 7.14. The van der Waals surface area contributed by atoms with Crippen LogP contribution in [0.2, 0.25) is 0 Å². The highest BCUT2D eigenvalue weighted by atomic mass is 16.5. The van der Waals surface area contributed by atoms with Gasteiger partial charge in [0, 0.05) is 6.92 Å². The summed E-state index contributed by atoms with van der Waals surface area (Å²) in [7, 11) is 0. The molecule has 0 aromatic heterocycles. The van der Waals surface area contributed by atoms with Gasteiger partial charge in [-0.1, -0.05) is 26.0 Å². The molecule has 2 amide bonds. The quantitative estimate of drug-likeness (QED) is 0.751. The molecule has 1 aromatic rings. The lowest BCUT2D eigenvalue weighted by atomic mass is 10.0. The molecule has 0 unspecified atom stereocenters. The minimum Gasteiger partial charge on any atom is -0.492 e. The fourth-order valence-electron chi connectivity index (χ4n) is 1.91. The zero-order valence-electron chi connectivity index (χ0n) is 13.1. The Morgan fingerprint density at radius 3 is 2.57 bits per heavy atom. The van der Waals surface area contributed by atoms with Gasteiger partial charge >= 0.3 is 0 Å². The third kappa shape index (κ3) is 6.29. The van der Waals surface area contributed by atoms with Gasteiger partial charge in [0.2, 0.25) is 11.8 Å². The summed E-state index contributed by atoms with van der Waals surface area (Å²) in [6.07, 6.45) is 0. The second-order valence-electron chi connectivity index (χ2n) is 5.38. The van der Waals surface area contributed by atoms with Crippen molar-refractivity contribution in [1.82, 2.24) is 10.6 Å². The Kier molecular flexibility index (Phi) is 6.72. The molecule has 0 aliphatic rings. The summed E-state index contributed by atoms with van der Waals surface area (Å²) in [4.78, 5) is 23.1. The van der Waals surface area contributed by atoms with Gasteiger partial charge in [0.05, 0.1) is 6.54 Å². The summed E-state index contributed by atoms with van der Waals surface area (Å²) in [5.74, 6) is 0.422. The van der Waals surface area contributed by atoms with Crippen molar-refractivity contribution in [3.8, 4) is 5.75 Å². The van der Waals surface area contributed by atoms with Crippen molar-refractivity contribution in [2.75, 3.05) is 13.2 Å². The highest BCUT2D eigenvalue weighted by Gasteiger charge is 2.22. The normalized spacial score (nSPS) is 11.9. The van der Waals surface area contributed by atoms with E-state index in [4.69, 9.17) is 4.74 Å². The molecule has 0 fully saturated rings. The van der Waals surface area contributed by atoms with Gasteiger partial charge in [0.15, 0.2) is 0 Å². The average molecular weight is 292 g/mol. The molecule has 5 heteroatoms. The zero-order chi connectivity index (χ0) is 15.8. The number of benzene rings is 1. The van der Waals surface area contributed by atoms with Crippen LogP contribution in [-0.4, -0.2) is 31.0 Å². The topological polar surface area (TPSA) is 67.4 Å². The van der Waals surface area contributed by atoms with Crippen LogP contribution >= 0.6 is 0 Å². The average Bonchev–Trinajstić information content (AvgIpc) is 2.40. The first kappa shape index (κ1) is 17.0. The maximum Gasteiger partial charge on any atom is 0.242 e. The molecule has 0 radical (unpaired) electrons. The number of carbonyl (C=O) groups is 2. The Morgan fingerprint density at radius 2 is 2.00 bits per heavy atom. The summed E-state index contributed by atoms with van der Waals surface area (Å²) in [6.45, 7) is 7.97. The second kappa shape index (κ2) is 8.29. The van der Waals surface area contributed by atoms with Crippen molar-refractivity contribution in [2.45, 2.75) is 33.7 Å². The molecule has 5 nitrogen and oxygen atoms in total. The van der Waals surface area contributed by atoms with E-state index < -0.39 is 6.04 Å². The van der Waals surface area contributed by atoms with Crippen LogP contribution in [0.25, 0.3) is 0 Å². The van der Waals surface area contributed by atoms with E-state index >= 15 is 0 Å². The lowest BCUT2D eigenvalue weighted by Gasteiger charge is -2.20. The van der Waals surface area contributed by atoms with E-state index in [-0.39, 0.29) is 17.7 Å². The van der Waals surface area contributed by atoms with Gasteiger partial charge in [0.1, 0.15) is 18.4 Å². The number of aryl methyl sites for hydroxylation is 1. The second-order valence-corrected chi connectivity index (χ2v) is 5.38. The van der Waals surface area contributed by atoms with Crippen LogP contribution < -0.4 is 15.4 Å². The number of rotatable bonds is 7. The molecule has 0 heterocycles. The van der Waals surface area contributed by atoms with Crippen LogP contribution in [0, 0.1) is 12.8 Å². The molecular formula is C16H24N2O3. The molecule has 0 saturated carbocycles. The summed E-state index contributed by atoms with van der Waals surface area (Å²) < 4.78 is 5.56. The number of hydrogen-bond acceptors (Lipinski definition) is 3. The molecule has 1 atom stereocenters. The Morgan fingerprint density at radius 1 is 1.29 bits per heavy atom.